The molecule has 1 aliphatic heterocycles. The number of hydrogen-bond acceptors (Lipinski definition) is 6. The highest BCUT2D eigenvalue weighted by Crippen LogP contribution is 2.34. The maximum absolute atomic E-state index is 12.7. The van der Waals surface area contributed by atoms with Crippen molar-refractivity contribution in [3.05, 3.63) is 54.1 Å². The van der Waals surface area contributed by atoms with Gasteiger partial charge in [0.15, 0.2) is 6.10 Å². The molecule has 2 aromatic rings. The van der Waals surface area contributed by atoms with Crippen molar-refractivity contribution < 1.29 is 27.5 Å². The van der Waals surface area contributed by atoms with Gasteiger partial charge < -0.3 is 14.8 Å². The predicted octanol–water partition coefficient (Wildman–Crippen LogP) is 1.64. The van der Waals surface area contributed by atoms with E-state index in [2.05, 4.69) is 5.32 Å². The maximum Gasteiger partial charge on any atom is 0.339 e. The van der Waals surface area contributed by atoms with Gasteiger partial charge in [-0.15, -0.1) is 0 Å². The summed E-state index contributed by atoms with van der Waals surface area (Å²) in [7, 11) is -2.36. The Morgan fingerprint density at radius 2 is 1.81 bits per heavy atom. The first kappa shape index (κ1) is 18.7. The second kappa shape index (κ2) is 7.28. The lowest BCUT2D eigenvalue weighted by atomic mass is 10.1. The van der Waals surface area contributed by atoms with Crippen LogP contribution in [0.1, 0.15) is 10.4 Å². The molecule has 0 aromatic heterocycles. The van der Waals surface area contributed by atoms with Crippen LogP contribution in [0.5, 0.6) is 5.75 Å². The van der Waals surface area contributed by atoms with Crippen LogP contribution in [0.25, 0.3) is 0 Å². The highest BCUT2D eigenvalue weighted by Gasteiger charge is 2.35. The first-order valence-electron chi connectivity index (χ1n) is 8.03. The molecule has 0 aliphatic carbocycles. The number of nitrogens with zero attached hydrogens (tertiary/aromatic N) is 1. The standard InChI is InChI=1S/C18H18N2O6S/c1-25-18(22)12-7-3-4-8-13(12)19-17(21)16-11-20(27(2,23)24)14-9-5-6-10-15(14)26-16/h3-10,16H,11H2,1-2H3,(H,19,21)/t16-/m1/s1. The highest BCUT2D eigenvalue weighted by atomic mass is 32.2. The average molecular weight is 390 g/mol. The van der Waals surface area contributed by atoms with Crippen molar-refractivity contribution >= 4 is 33.3 Å². The van der Waals surface area contributed by atoms with Gasteiger partial charge in [-0.2, -0.15) is 0 Å². The molecule has 0 bridgehead atoms. The monoisotopic (exact) mass is 390 g/mol. The van der Waals surface area contributed by atoms with Gasteiger partial charge in [-0.05, 0) is 24.3 Å². The number of sulfonamides is 1. The number of carbonyl (C=O) groups is 2. The van der Waals surface area contributed by atoms with Crippen molar-refractivity contribution in [3.63, 3.8) is 0 Å². The molecule has 142 valence electrons. The van der Waals surface area contributed by atoms with Gasteiger partial charge in [0.05, 0.1) is 36.8 Å². The summed E-state index contributed by atoms with van der Waals surface area (Å²) < 4.78 is 35.8. The number of carbonyl (C=O) groups excluding carboxylic acids is 2. The minimum Gasteiger partial charge on any atom is -0.476 e. The van der Waals surface area contributed by atoms with Gasteiger partial charge in [0.2, 0.25) is 10.0 Å². The first-order valence-corrected chi connectivity index (χ1v) is 9.87. The van der Waals surface area contributed by atoms with Crippen LogP contribution >= 0.6 is 0 Å². The van der Waals surface area contributed by atoms with E-state index in [9.17, 15) is 18.0 Å². The average Bonchev–Trinajstić information content (AvgIpc) is 2.66. The predicted molar refractivity (Wildman–Crippen MR) is 99.5 cm³/mol. The molecule has 0 fully saturated rings. The molecule has 0 radical (unpaired) electrons. The summed E-state index contributed by atoms with van der Waals surface area (Å²) in [6, 6.07) is 12.9. The lowest BCUT2D eigenvalue weighted by molar-refractivity contribution is -0.122. The molecule has 1 amide bonds. The Hall–Kier alpha value is -3.07. The largest absolute Gasteiger partial charge is 0.476 e. The van der Waals surface area contributed by atoms with Crippen molar-refractivity contribution in [3.8, 4) is 5.75 Å². The molecule has 27 heavy (non-hydrogen) atoms. The number of anilines is 2. The topological polar surface area (TPSA) is 102 Å². The Morgan fingerprint density at radius 1 is 1.15 bits per heavy atom. The molecule has 0 spiro atoms. The van der Waals surface area contributed by atoms with Gasteiger partial charge in [-0.3, -0.25) is 9.10 Å². The van der Waals surface area contributed by atoms with Crippen LogP contribution in [0.2, 0.25) is 0 Å². The van der Waals surface area contributed by atoms with Crippen LogP contribution in [0, 0.1) is 0 Å². The molecule has 0 saturated heterocycles. The fourth-order valence-corrected chi connectivity index (χ4v) is 3.66. The van der Waals surface area contributed by atoms with Gasteiger partial charge in [-0.25, -0.2) is 13.2 Å². The summed E-state index contributed by atoms with van der Waals surface area (Å²) in [5, 5.41) is 2.61. The molecule has 2 aromatic carbocycles. The fraction of sp³-hybridized carbons (Fsp3) is 0.222. The van der Waals surface area contributed by atoms with E-state index in [1.165, 1.54) is 13.2 Å². The van der Waals surface area contributed by atoms with E-state index < -0.39 is 28.0 Å². The SMILES string of the molecule is COC(=O)c1ccccc1NC(=O)[C@H]1CN(S(C)(=O)=O)c2ccccc2O1. The fourth-order valence-electron chi connectivity index (χ4n) is 2.75. The number of hydrogen-bond donors (Lipinski definition) is 1. The number of methoxy groups -OCH3 is 1. The van der Waals surface area contributed by atoms with Crippen molar-refractivity contribution in [1.29, 1.82) is 0 Å². The lowest BCUT2D eigenvalue weighted by Crippen LogP contribution is -2.48. The minimum absolute atomic E-state index is 0.179. The van der Waals surface area contributed by atoms with Crippen LogP contribution in [0.4, 0.5) is 11.4 Å². The van der Waals surface area contributed by atoms with Crippen LogP contribution in [0.15, 0.2) is 48.5 Å². The highest BCUT2D eigenvalue weighted by molar-refractivity contribution is 7.92. The van der Waals surface area contributed by atoms with E-state index in [-0.39, 0.29) is 23.5 Å². The molecular formula is C18H18N2O6S. The van der Waals surface area contributed by atoms with Gasteiger partial charge in [0, 0.05) is 0 Å². The third-order valence-corrected chi connectivity index (χ3v) is 5.16. The van der Waals surface area contributed by atoms with E-state index in [0.717, 1.165) is 10.6 Å². The van der Waals surface area contributed by atoms with E-state index in [1.807, 2.05) is 0 Å². The number of nitrogens with one attached hydrogen (secondary N) is 1. The molecule has 1 atom stereocenters. The molecule has 3 rings (SSSR count). The molecule has 8 nitrogen and oxygen atoms in total. The van der Waals surface area contributed by atoms with Crippen molar-refractivity contribution in [1.82, 2.24) is 0 Å². The summed E-state index contributed by atoms with van der Waals surface area (Å²) >= 11 is 0. The van der Waals surface area contributed by atoms with Crippen LogP contribution in [-0.2, 0) is 19.6 Å². The minimum atomic E-state index is -3.60. The van der Waals surface area contributed by atoms with Crippen molar-refractivity contribution in [2.45, 2.75) is 6.10 Å². The molecule has 1 heterocycles. The number of amides is 1. The van der Waals surface area contributed by atoms with Gasteiger partial charge in [0.1, 0.15) is 5.75 Å². The summed E-state index contributed by atoms with van der Waals surface area (Å²) in [5.41, 5.74) is 0.811. The number of rotatable bonds is 4. The first-order chi connectivity index (χ1) is 12.8. The second-order valence-corrected chi connectivity index (χ2v) is 7.80. The molecule has 9 heteroatoms. The summed E-state index contributed by atoms with van der Waals surface area (Å²) in [5.74, 6) is -0.886. The number of esters is 1. The smallest absolute Gasteiger partial charge is 0.339 e. The summed E-state index contributed by atoms with van der Waals surface area (Å²) in [6.45, 7) is -0.179. The van der Waals surface area contributed by atoms with Crippen LogP contribution in [-0.4, -0.2) is 46.3 Å². The molecule has 1 N–H and O–H groups in total. The zero-order chi connectivity index (χ0) is 19.6. The maximum atomic E-state index is 12.7. The number of para-hydroxylation sites is 3. The van der Waals surface area contributed by atoms with Crippen LogP contribution < -0.4 is 14.4 Å². The van der Waals surface area contributed by atoms with E-state index in [0.29, 0.717) is 5.69 Å². The summed E-state index contributed by atoms with van der Waals surface area (Å²) in [6.07, 6.45) is -0.0169. The number of fused-ring (bicyclic) bond motifs is 1. The lowest BCUT2D eigenvalue weighted by Gasteiger charge is -2.33. The second-order valence-electron chi connectivity index (χ2n) is 5.89. The van der Waals surface area contributed by atoms with Crippen molar-refractivity contribution in [2.75, 3.05) is 29.5 Å². The molecule has 1 aliphatic rings. The Labute approximate surface area is 156 Å². The molecule has 0 saturated carbocycles. The zero-order valence-corrected chi connectivity index (χ0v) is 15.5. The summed E-state index contributed by atoms with van der Waals surface area (Å²) in [4.78, 5) is 24.6. The third-order valence-electron chi connectivity index (χ3n) is 4.02. The molecular weight excluding hydrogens is 372 g/mol. The Bertz CT molecular complexity index is 989. The Kier molecular flexibility index (Phi) is 5.04. The van der Waals surface area contributed by atoms with Gasteiger partial charge >= 0.3 is 5.97 Å². The normalized spacial score (nSPS) is 16.1. The van der Waals surface area contributed by atoms with E-state index in [4.69, 9.17) is 9.47 Å². The number of ether oxygens (including phenoxy) is 2. The van der Waals surface area contributed by atoms with Crippen molar-refractivity contribution in [2.24, 2.45) is 0 Å². The van der Waals surface area contributed by atoms with Gasteiger partial charge in [0.25, 0.3) is 5.91 Å². The quantitative estimate of drug-likeness (QED) is 0.797. The van der Waals surface area contributed by atoms with E-state index >= 15 is 0 Å². The third kappa shape index (κ3) is 3.87. The number of benzene rings is 2. The zero-order valence-electron chi connectivity index (χ0n) is 14.7. The van der Waals surface area contributed by atoms with Gasteiger partial charge in [-0.1, -0.05) is 24.3 Å². The van der Waals surface area contributed by atoms with E-state index in [1.54, 1.807) is 42.5 Å². The van der Waals surface area contributed by atoms with Crippen LogP contribution in [0.3, 0.4) is 0 Å². The molecule has 0 unspecified atom stereocenters. The Balaban J connectivity index is 1.88. The Morgan fingerprint density at radius 3 is 2.52 bits per heavy atom.